The highest BCUT2D eigenvalue weighted by molar-refractivity contribution is 6.35. The molecule has 0 radical (unpaired) electrons. The Morgan fingerprint density at radius 2 is 1.67 bits per heavy atom. The molecular formula is C6H13NOSi. The third kappa shape index (κ3) is 7.60. The average molecular weight is 143 g/mol. The van der Waals surface area contributed by atoms with Crippen molar-refractivity contribution in [2.45, 2.75) is 31.4 Å². The Labute approximate surface area is 58.0 Å². The van der Waals surface area contributed by atoms with Crippen molar-refractivity contribution in [2.24, 2.45) is 0 Å². The minimum absolute atomic E-state index is 0.508. The molecule has 9 heavy (non-hydrogen) atoms. The zero-order valence-electron chi connectivity index (χ0n) is 5.65. The zero-order valence-corrected chi connectivity index (χ0v) is 7.07. The number of rotatable bonds is 0. The molecule has 0 aromatic carbocycles. The van der Waals surface area contributed by atoms with Crippen LogP contribution in [0.1, 0.15) is 19.3 Å². The van der Waals surface area contributed by atoms with Crippen LogP contribution in [0.4, 0.5) is 0 Å². The van der Waals surface area contributed by atoms with Crippen molar-refractivity contribution in [3.63, 3.8) is 0 Å². The van der Waals surface area contributed by atoms with E-state index in [-0.39, 0.29) is 0 Å². The van der Waals surface area contributed by atoms with Gasteiger partial charge in [-0.05, 0) is 0 Å². The quantitative estimate of drug-likeness (QED) is 0.308. The van der Waals surface area contributed by atoms with Gasteiger partial charge in [-0.15, -0.1) is 0 Å². The number of carbonyl (C=O) groups excluding carboxylic acids is 1. The van der Waals surface area contributed by atoms with Gasteiger partial charge >= 0.3 is 0 Å². The first-order valence-corrected chi connectivity index (χ1v) is 5.45. The molecule has 1 N–H and O–H groups in total. The van der Waals surface area contributed by atoms with Crippen LogP contribution in [0.5, 0.6) is 0 Å². The van der Waals surface area contributed by atoms with Gasteiger partial charge < -0.3 is 0 Å². The minimum Gasteiger partial charge on any atom is -0.222 e. The zero-order chi connectivity index (χ0) is 6.95. The maximum Gasteiger partial charge on any atom is 0.231 e. The number of nitrogens with one attached hydrogen (secondary N) is 1. The topological polar surface area (TPSA) is 40.9 Å². The third-order valence-corrected chi connectivity index (χ3v) is 3.50. The van der Waals surface area contributed by atoms with Crippen LogP contribution < -0.4 is 0 Å². The van der Waals surface area contributed by atoms with E-state index in [0.717, 1.165) is 6.08 Å². The predicted octanol–water partition coefficient (Wildman–Crippen LogP) is 1.08. The van der Waals surface area contributed by atoms with E-state index >= 15 is 0 Å². The molecule has 1 aliphatic heterocycles. The van der Waals surface area contributed by atoms with Crippen molar-refractivity contribution in [1.82, 2.24) is 0 Å². The van der Waals surface area contributed by atoms with Gasteiger partial charge in [0.1, 0.15) is 0 Å². The summed E-state index contributed by atoms with van der Waals surface area (Å²) >= 11 is 0. The third-order valence-electron chi connectivity index (χ3n) is 1.50. The van der Waals surface area contributed by atoms with Gasteiger partial charge in [-0.2, -0.15) is 0 Å². The fraction of sp³-hybridized carbons (Fsp3) is 0.833. The number of isocyanates is 1. The molecule has 52 valence electrons. The predicted molar refractivity (Wildman–Crippen MR) is 40.4 cm³/mol. The van der Waals surface area contributed by atoms with Gasteiger partial charge in [0.15, 0.2) is 0 Å². The number of hydrogen-bond donors (Lipinski definition) is 1. The van der Waals surface area contributed by atoms with Crippen molar-refractivity contribution in [2.75, 3.05) is 0 Å². The summed E-state index contributed by atoms with van der Waals surface area (Å²) in [5, 5.41) is 5.40. The Kier molecular flexibility index (Phi) is 7.26. The Morgan fingerprint density at radius 1 is 1.22 bits per heavy atom. The summed E-state index contributed by atoms with van der Waals surface area (Å²) in [6.45, 7) is 0. The first-order chi connectivity index (χ1) is 4.41. The highest BCUT2D eigenvalue weighted by Crippen LogP contribution is 2.10. The minimum atomic E-state index is 0.508. The molecule has 0 amide bonds. The van der Waals surface area contributed by atoms with Gasteiger partial charge in [0.25, 0.3) is 0 Å². The van der Waals surface area contributed by atoms with Crippen molar-refractivity contribution in [1.29, 1.82) is 5.41 Å². The summed E-state index contributed by atoms with van der Waals surface area (Å²) in [5.41, 5.74) is 0. The van der Waals surface area contributed by atoms with Crippen LogP contribution in [-0.2, 0) is 4.79 Å². The van der Waals surface area contributed by atoms with Gasteiger partial charge in [0.2, 0.25) is 6.08 Å². The van der Waals surface area contributed by atoms with Gasteiger partial charge in [-0.1, -0.05) is 31.4 Å². The Bertz CT molecular complexity index is 73.5. The summed E-state index contributed by atoms with van der Waals surface area (Å²) < 4.78 is 0. The van der Waals surface area contributed by atoms with Crippen LogP contribution in [0.15, 0.2) is 0 Å². The first-order valence-electron chi connectivity index (χ1n) is 3.45. The van der Waals surface area contributed by atoms with Crippen molar-refractivity contribution in [3.05, 3.63) is 0 Å². The van der Waals surface area contributed by atoms with Gasteiger partial charge in [-0.25, -0.2) is 10.2 Å². The SMILES string of the molecule is C1CC[SiH2]CC1.N=C=O. The lowest BCUT2D eigenvalue weighted by Gasteiger charge is -2.04. The summed E-state index contributed by atoms with van der Waals surface area (Å²) in [7, 11) is 0.508. The maximum atomic E-state index is 8.35. The highest BCUT2D eigenvalue weighted by Gasteiger charge is 1.96. The largest absolute Gasteiger partial charge is 0.231 e. The molecule has 0 saturated carbocycles. The normalized spacial score (nSPS) is 16.9. The molecule has 1 heterocycles. The van der Waals surface area contributed by atoms with Crippen LogP contribution in [0.25, 0.3) is 0 Å². The molecule has 3 heteroatoms. The average Bonchev–Trinajstić information content (AvgIpc) is 1.93. The lowest BCUT2D eigenvalue weighted by atomic mass is 10.3. The fourth-order valence-corrected chi connectivity index (χ4v) is 2.83. The second kappa shape index (κ2) is 7.60. The Balaban J connectivity index is 0.000000187. The second-order valence-corrected chi connectivity index (χ2v) is 4.34. The van der Waals surface area contributed by atoms with E-state index in [1.165, 1.54) is 6.42 Å². The van der Waals surface area contributed by atoms with Crippen LogP contribution >= 0.6 is 0 Å². The van der Waals surface area contributed by atoms with Crippen LogP contribution in [-0.4, -0.2) is 15.6 Å². The molecule has 0 unspecified atom stereocenters. The van der Waals surface area contributed by atoms with Crippen molar-refractivity contribution >= 4 is 15.6 Å². The first kappa shape index (κ1) is 8.60. The van der Waals surface area contributed by atoms with Crippen LogP contribution in [0, 0.1) is 5.41 Å². The van der Waals surface area contributed by atoms with Crippen molar-refractivity contribution < 1.29 is 4.79 Å². The van der Waals surface area contributed by atoms with Crippen LogP contribution in [0.2, 0.25) is 12.1 Å². The van der Waals surface area contributed by atoms with Gasteiger partial charge in [0, 0.05) is 9.52 Å². The lowest BCUT2D eigenvalue weighted by molar-refractivity contribution is 0.563. The van der Waals surface area contributed by atoms with E-state index in [1.54, 1.807) is 24.9 Å². The fourth-order valence-electron chi connectivity index (χ4n) is 1.06. The van der Waals surface area contributed by atoms with Gasteiger partial charge in [-0.3, -0.25) is 0 Å². The van der Waals surface area contributed by atoms with Crippen molar-refractivity contribution in [3.8, 4) is 0 Å². The van der Waals surface area contributed by atoms with E-state index in [1.807, 2.05) is 0 Å². The lowest BCUT2D eigenvalue weighted by Crippen LogP contribution is -1.94. The molecule has 1 fully saturated rings. The Morgan fingerprint density at radius 3 is 1.78 bits per heavy atom. The van der Waals surface area contributed by atoms with Gasteiger partial charge in [0.05, 0.1) is 0 Å². The monoisotopic (exact) mass is 143 g/mol. The smallest absolute Gasteiger partial charge is 0.222 e. The Hall–Kier alpha value is -0.403. The molecule has 1 rings (SSSR count). The molecule has 0 aromatic rings. The van der Waals surface area contributed by atoms with E-state index in [0.29, 0.717) is 9.52 Å². The molecule has 1 saturated heterocycles. The summed E-state index contributed by atoms with van der Waals surface area (Å²) in [6.07, 6.45) is 5.41. The molecule has 2 nitrogen and oxygen atoms in total. The molecule has 0 spiro atoms. The molecule has 0 aromatic heterocycles. The number of hydrogen-bond acceptors (Lipinski definition) is 2. The molecular weight excluding hydrogens is 130 g/mol. The maximum absolute atomic E-state index is 8.35. The molecule has 0 aliphatic carbocycles. The van der Waals surface area contributed by atoms with E-state index in [9.17, 15) is 0 Å². The summed E-state index contributed by atoms with van der Waals surface area (Å²) in [5.74, 6) is 0. The summed E-state index contributed by atoms with van der Waals surface area (Å²) in [6, 6.07) is 3.28. The molecule has 0 bridgehead atoms. The van der Waals surface area contributed by atoms with Crippen LogP contribution in [0.3, 0.4) is 0 Å². The molecule has 0 atom stereocenters. The summed E-state index contributed by atoms with van der Waals surface area (Å²) in [4.78, 5) is 8.35. The standard InChI is InChI=1S/C5H12Si.CHNO/c1-2-4-6-5-3-1;2-1-3/h1-6H2;2H. The molecule has 1 aliphatic rings. The van der Waals surface area contributed by atoms with E-state index < -0.39 is 0 Å². The second-order valence-electron chi connectivity index (χ2n) is 2.22. The van der Waals surface area contributed by atoms with E-state index in [2.05, 4.69) is 0 Å². The highest BCUT2D eigenvalue weighted by atomic mass is 28.2. The van der Waals surface area contributed by atoms with E-state index in [4.69, 9.17) is 10.2 Å².